The van der Waals surface area contributed by atoms with E-state index in [2.05, 4.69) is 10.6 Å². The molecule has 0 aliphatic heterocycles. The van der Waals surface area contributed by atoms with E-state index < -0.39 is 23.6 Å². The monoisotopic (exact) mass is 258 g/mol. The first-order chi connectivity index (χ1) is 8.47. The lowest BCUT2D eigenvalue weighted by molar-refractivity contribution is -0.137. The van der Waals surface area contributed by atoms with Crippen LogP contribution in [0.1, 0.15) is 12.8 Å². The summed E-state index contributed by atoms with van der Waals surface area (Å²) < 4.78 is 25.6. The van der Waals surface area contributed by atoms with E-state index in [4.69, 9.17) is 5.11 Å². The van der Waals surface area contributed by atoms with Crippen LogP contribution in [0.3, 0.4) is 0 Å². The number of aliphatic carboxylic acids is 1. The van der Waals surface area contributed by atoms with Crippen molar-refractivity contribution in [1.82, 2.24) is 5.32 Å². The number of benzene rings is 1. The lowest BCUT2D eigenvalue weighted by Crippen LogP contribution is -2.29. The Labute approximate surface area is 102 Å². The summed E-state index contributed by atoms with van der Waals surface area (Å²) in [6.07, 6.45) is 0.217. The van der Waals surface area contributed by atoms with Gasteiger partial charge in [0.25, 0.3) is 0 Å². The molecule has 0 atom stereocenters. The molecule has 0 aliphatic rings. The number of carbonyl (C=O) groups excluding carboxylic acids is 1. The molecule has 5 nitrogen and oxygen atoms in total. The molecule has 98 valence electrons. The minimum absolute atomic E-state index is 0.0109. The number of carboxylic acids is 1. The third-order valence-corrected chi connectivity index (χ3v) is 1.97. The van der Waals surface area contributed by atoms with E-state index in [1.807, 2.05) is 0 Å². The zero-order valence-corrected chi connectivity index (χ0v) is 9.37. The molecule has 1 rings (SSSR count). The van der Waals surface area contributed by atoms with Gasteiger partial charge >= 0.3 is 12.0 Å². The van der Waals surface area contributed by atoms with Crippen LogP contribution in [-0.2, 0) is 4.79 Å². The summed E-state index contributed by atoms with van der Waals surface area (Å²) in [5.74, 6) is -2.54. The first kappa shape index (κ1) is 13.9. The number of hydrogen-bond donors (Lipinski definition) is 3. The van der Waals surface area contributed by atoms with Crippen molar-refractivity contribution < 1.29 is 23.5 Å². The van der Waals surface area contributed by atoms with Gasteiger partial charge in [0.2, 0.25) is 0 Å². The summed E-state index contributed by atoms with van der Waals surface area (Å²) in [5, 5.41) is 13.0. The predicted octanol–water partition coefficient (Wildman–Crippen LogP) is 1.95. The fraction of sp³-hybridized carbons (Fsp3) is 0.273. The Morgan fingerprint density at radius 2 is 1.78 bits per heavy atom. The zero-order chi connectivity index (χ0) is 13.5. The highest BCUT2D eigenvalue weighted by molar-refractivity contribution is 5.89. The Bertz CT molecular complexity index is 432. The van der Waals surface area contributed by atoms with E-state index in [0.717, 1.165) is 12.1 Å². The van der Waals surface area contributed by atoms with Gasteiger partial charge in [0, 0.05) is 24.7 Å². The third kappa shape index (κ3) is 5.24. The molecule has 0 aliphatic carbocycles. The summed E-state index contributed by atoms with van der Waals surface area (Å²) in [7, 11) is 0. The summed E-state index contributed by atoms with van der Waals surface area (Å²) in [6.45, 7) is 0.163. The predicted molar refractivity (Wildman–Crippen MR) is 60.2 cm³/mol. The average Bonchev–Trinajstić information content (AvgIpc) is 2.22. The van der Waals surface area contributed by atoms with Gasteiger partial charge in [-0.2, -0.15) is 0 Å². The van der Waals surface area contributed by atoms with Gasteiger partial charge in [0.05, 0.1) is 0 Å². The van der Waals surface area contributed by atoms with Gasteiger partial charge < -0.3 is 15.7 Å². The number of rotatable bonds is 5. The van der Waals surface area contributed by atoms with Crippen molar-refractivity contribution in [3.8, 4) is 0 Å². The van der Waals surface area contributed by atoms with E-state index >= 15 is 0 Å². The highest BCUT2D eigenvalue weighted by atomic mass is 19.1. The molecule has 7 heteroatoms. The molecule has 1 aromatic rings. The summed E-state index contributed by atoms with van der Waals surface area (Å²) >= 11 is 0. The van der Waals surface area contributed by atoms with Gasteiger partial charge in [0.1, 0.15) is 11.6 Å². The molecule has 0 bridgehead atoms. The van der Waals surface area contributed by atoms with Crippen LogP contribution >= 0.6 is 0 Å². The van der Waals surface area contributed by atoms with Crippen molar-refractivity contribution >= 4 is 17.7 Å². The smallest absolute Gasteiger partial charge is 0.319 e. The molecular weight excluding hydrogens is 246 g/mol. The van der Waals surface area contributed by atoms with Crippen LogP contribution in [0, 0.1) is 11.6 Å². The molecule has 18 heavy (non-hydrogen) atoms. The Morgan fingerprint density at radius 1 is 1.17 bits per heavy atom. The number of nitrogens with one attached hydrogen (secondary N) is 2. The normalized spacial score (nSPS) is 9.89. The van der Waals surface area contributed by atoms with Crippen LogP contribution in [0.15, 0.2) is 18.2 Å². The number of halogens is 2. The molecule has 0 spiro atoms. The van der Waals surface area contributed by atoms with Crippen LogP contribution in [0.4, 0.5) is 19.3 Å². The number of hydrogen-bond acceptors (Lipinski definition) is 2. The molecule has 0 heterocycles. The third-order valence-electron chi connectivity index (χ3n) is 1.97. The molecule has 0 fully saturated rings. The minimum atomic E-state index is -0.954. The molecule has 0 aromatic heterocycles. The van der Waals surface area contributed by atoms with Crippen molar-refractivity contribution in [3.63, 3.8) is 0 Å². The van der Waals surface area contributed by atoms with Crippen LogP contribution in [0.5, 0.6) is 0 Å². The van der Waals surface area contributed by atoms with Gasteiger partial charge in [-0.05, 0) is 18.6 Å². The first-order valence-electron chi connectivity index (χ1n) is 5.20. The molecule has 0 saturated heterocycles. The zero-order valence-electron chi connectivity index (χ0n) is 9.37. The van der Waals surface area contributed by atoms with Crippen molar-refractivity contribution in [1.29, 1.82) is 0 Å². The van der Waals surface area contributed by atoms with Gasteiger partial charge in [0.15, 0.2) is 0 Å². The molecule has 0 radical (unpaired) electrons. The second kappa shape index (κ2) is 6.53. The van der Waals surface area contributed by atoms with Crippen molar-refractivity contribution in [2.24, 2.45) is 0 Å². The number of carbonyl (C=O) groups is 2. The Hall–Kier alpha value is -2.18. The summed E-state index contributed by atoms with van der Waals surface area (Å²) in [4.78, 5) is 21.5. The van der Waals surface area contributed by atoms with Gasteiger partial charge in [-0.15, -0.1) is 0 Å². The lowest BCUT2D eigenvalue weighted by Gasteiger charge is -2.07. The first-order valence-corrected chi connectivity index (χ1v) is 5.20. The topological polar surface area (TPSA) is 78.4 Å². The largest absolute Gasteiger partial charge is 0.481 e. The number of carboxylic acid groups (broad SMARTS) is 1. The lowest BCUT2D eigenvalue weighted by atomic mass is 10.3. The standard InChI is InChI=1S/C11H12F2N2O3/c12-7-4-8(13)6-9(5-7)15-11(18)14-3-1-2-10(16)17/h4-6H,1-3H2,(H,16,17)(H2,14,15,18). The van der Waals surface area contributed by atoms with Crippen LogP contribution in [0.2, 0.25) is 0 Å². The van der Waals surface area contributed by atoms with Gasteiger partial charge in [-0.1, -0.05) is 0 Å². The Kier molecular flexibility index (Phi) is 5.04. The van der Waals surface area contributed by atoms with Crippen molar-refractivity contribution in [3.05, 3.63) is 29.8 Å². The maximum absolute atomic E-state index is 12.8. The maximum atomic E-state index is 12.8. The number of anilines is 1. The van der Waals surface area contributed by atoms with Crippen molar-refractivity contribution in [2.75, 3.05) is 11.9 Å². The van der Waals surface area contributed by atoms with Crippen molar-refractivity contribution in [2.45, 2.75) is 12.8 Å². The van der Waals surface area contributed by atoms with Gasteiger partial charge in [-0.25, -0.2) is 13.6 Å². The maximum Gasteiger partial charge on any atom is 0.319 e. The van der Waals surface area contributed by atoms with Crippen LogP contribution in [0.25, 0.3) is 0 Å². The highest BCUT2D eigenvalue weighted by Crippen LogP contribution is 2.12. The second-order valence-electron chi connectivity index (χ2n) is 3.54. The fourth-order valence-electron chi connectivity index (χ4n) is 1.24. The van der Waals surface area contributed by atoms with Crippen LogP contribution in [-0.4, -0.2) is 23.7 Å². The minimum Gasteiger partial charge on any atom is -0.481 e. The number of amides is 2. The molecule has 1 aromatic carbocycles. The van der Waals surface area contributed by atoms with E-state index in [1.54, 1.807) is 0 Å². The molecule has 2 amide bonds. The van der Waals surface area contributed by atoms with E-state index in [-0.39, 0.29) is 25.1 Å². The highest BCUT2D eigenvalue weighted by Gasteiger charge is 2.05. The molecule has 0 unspecified atom stereocenters. The van der Waals surface area contributed by atoms with Crippen LogP contribution < -0.4 is 10.6 Å². The van der Waals surface area contributed by atoms with E-state index in [0.29, 0.717) is 6.07 Å². The average molecular weight is 258 g/mol. The SMILES string of the molecule is O=C(O)CCCNC(=O)Nc1cc(F)cc(F)c1. The summed E-state index contributed by atoms with van der Waals surface area (Å²) in [5.41, 5.74) is -0.0109. The summed E-state index contributed by atoms with van der Waals surface area (Å²) in [6, 6.07) is 1.99. The Morgan fingerprint density at radius 3 is 2.33 bits per heavy atom. The molecular formula is C11H12F2N2O3. The molecule has 3 N–H and O–H groups in total. The second-order valence-corrected chi connectivity index (χ2v) is 3.54. The van der Waals surface area contributed by atoms with E-state index in [1.165, 1.54) is 0 Å². The van der Waals surface area contributed by atoms with E-state index in [9.17, 15) is 18.4 Å². The van der Waals surface area contributed by atoms with Gasteiger partial charge in [-0.3, -0.25) is 4.79 Å². The fourth-order valence-corrected chi connectivity index (χ4v) is 1.24. The molecule has 0 saturated carbocycles. The quantitative estimate of drug-likeness (QED) is 0.706. The Balaban J connectivity index is 2.37. The number of urea groups is 1.